The van der Waals surface area contributed by atoms with Crippen molar-refractivity contribution in [1.29, 1.82) is 0 Å². The van der Waals surface area contributed by atoms with Crippen molar-refractivity contribution >= 4 is 10.8 Å². The van der Waals surface area contributed by atoms with Crippen molar-refractivity contribution in [3.63, 3.8) is 0 Å². The van der Waals surface area contributed by atoms with Gasteiger partial charge in [-0.05, 0) is 23.3 Å². The molecular formula is C17H21NO2. The van der Waals surface area contributed by atoms with Crippen LogP contribution in [0.3, 0.4) is 0 Å². The molecule has 0 spiro atoms. The number of fused-ring (bicyclic) bond motifs is 1. The van der Waals surface area contributed by atoms with Crippen LogP contribution in [0.5, 0.6) is 5.75 Å². The number of ether oxygens (including phenoxy) is 1. The summed E-state index contributed by atoms with van der Waals surface area (Å²) in [5, 5.41) is 12.5. The number of phenolic OH excluding ortho intramolecular Hbond substituents is 1. The van der Waals surface area contributed by atoms with E-state index in [9.17, 15) is 5.11 Å². The van der Waals surface area contributed by atoms with Gasteiger partial charge >= 0.3 is 0 Å². The molecule has 1 atom stereocenters. The Labute approximate surface area is 119 Å². The predicted molar refractivity (Wildman–Crippen MR) is 80.9 cm³/mol. The summed E-state index contributed by atoms with van der Waals surface area (Å²) in [6.45, 7) is 5.60. The highest BCUT2D eigenvalue weighted by Gasteiger charge is 2.20. The highest BCUT2D eigenvalue weighted by molar-refractivity contribution is 5.87. The first-order valence-electron chi connectivity index (χ1n) is 7.31. The molecule has 2 aromatic carbocycles. The van der Waals surface area contributed by atoms with E-state index in [1.54, 1.807) is 6.07 Å². The van der Waals surface area contributed by atoms with Gasteiger partial charge in [-0.2, -0.15) is 0 Å². The highest BCUT2D eigenvalue weighted by Crippen LogP contribution is 2.28. The summed E-state index contributed by atoms with van der Waals surface area (Å²) in [6.07, 6.45) is 1.36. The van der Waals surface area contributed by atoms with Gasteiger partial charge in [-0.15, -0.1) is 0 Å². The van der Waals surface area contributed by atoms with Crippen LogP contribution in [0.15, 0.2) is 36.4 Å². The SMILES string of the molecule is CC[C@H]1CN(Cc2c(O)ccc3ccccc23)CCO1. The number of rotatable bonds is 3. The molecule has 0 radical (unpaired) electrons. The summed E-state index contributed by atoms with van der Waals surface area (Å²) < 4.78 is 5.71. The molecule has 1 N–H and O–H groups in total. The van der Waals surface area contributed by atoms with Gasteiger partial charge in [0.15, 0.2) is 0 Å². The topological polar surface area (TPSA) is 32.7 Å². The van der Waals surface area contributed by atoms with Gasteiger partial charge in [0.25, 0.3) is 0 Å². The Hall–Kier alpha value is -1.58. The molecule has 3 nitrogen and oxygen atoms in total. The van der Waals surface area contributed by atoms with E-state index in [4.69, 9.17) is 4.74 Å². The molecule has 1 aliphatic rings. The van der Waals surface area contributed by atoms with Gasteiger partial charge in [-0.1, -0.05) is 37.3 Å². The van der Waals surface area contributed by atoms with Crippen molar-refractivity contribution in [2.45, 2.75) is 26.0 Å². The van der Waals surface area contributed by atoms with Crippen molar-refractivity contribution < 1.29 is 9.84 Å². The van der Waals surface area contributed by atoms with Gasteiger partial charge in [-0.3, -0.25) is 4.90 Å². The van der Waals surface area contributed by atoms with E-state index in [-0.39, 0.29) is 0 Å². The summed E-state index contributed by atoms with van der Waals surface area (Å²) in [4.78, 5) is 2.37. The zero-order chi connectivity index (χ0) is 13.9. The van der Waals surface area contributed by atoms with Crippen LogP contribution in [0.25, 0.3) is 10.8 Å². The van der Waals surface area contributed by atoms with Gasteiger partial charge < -0.3 is 9.84 Å². The van der Waals surface area contributed by atoms with Crippen LogP contribution in [-0.4, -0.2) is 35.8 Å². The zero-order valence-electron chi connectivity index (χ0n) is 11.9. The molecule has 3 rings (SSSR count). The van der Waals surface area contributed by atoms with E-state index in [0.29, 0.717) is 11.9 Å². The summed E-state index contributed by atoms with van der Waals surface area (Å²) in [5.74, 6) is 0.392. The molecule has 1 aliphatic heterocycles. The average Bonchev–Trinajstić information content (AvgIpc) is 2.50. The number of aromatic hydroxyl groups is 1. The van der Waals surface area contributed by atoms with Crippen LogP contribution in [-0.2, 0) is 11.3 Å². The first-order chi connectivity index (χ1) is 9.78. The number of nitrogens with zero attached hydrogens (tertiary/aromatic N) is 1. The quantitative estimate of drug-likeness (QED) is 0.930. The molecule has 0 amide bonds. The lowest BCUT2D eigenvalue weighted by Gasteiger charge is -2.32. The molecule has 3 heteroatoms. The summed E-state index contributed by atoms with van der Waals surface area (Å²) in [7, 11) is 0. The van der Waals surface area contributed by atoms with Crippen molar-refractivity contribution in [3.8, 4) is 5.75 Å². The third-order valence-electron chi connectivity index (χ3n) is 4.08. The summed E-state index contributed by atoms with van der Waals surface area (Å²) in [6, 6.07) is 12.0. The lowest BCUT2D eigenvalue weighted by atomic mass is 10.0. The number of hydrogen-bond acceptors (Lipinski definition) is 3. The minimum atomic E-state index is 0.320. The predicted octanol–water partition coefficient (Wildman–Crippen LogP) is 3.16. The Morgan fingerprint density at radius 1 is 1.25 bits per heavy atom. The Bertz CT molecular complexity index is 597. The third-order valence-corrected chi connectivity index (χ3v) is 4.08. The molecule has 0 aliphatic carbocycles. The third kappa shape index (κ3) is 2.65. The Morgan fingerprint density at radius 2 is 2.10 bits per heavy atom. The van der Waals surface area contributed by atoms with Crippen LogP contribution in [0.4, 0.5) is 0 Å². The van der Waals surface area contributed by atoms with E-state index in [0.717, 1.165) is 43.6 Å². The lowest BCUT2D eigenvalue weighted by Crippen LogP contribution is -2.41. The molecule has 0 bridgehead atoms. The van der Waals surface area contributed by atoms with Crippen molar-refractivity contribution in [3.05, 3.63) is 42.0 Å². The van der Waals surface area contributed by atoms with Crippen LogP contribution in [0.1, 0.15) is 18.9 Å². The average molecular weight is 271 g/mol. The molecule has 0 unspecified atom stereocenters. The van der Waals surface area contributed by atoms with Crippen molar-refractivity contribution in [1.82, 2.24) is 4.90 Å². The maximum absolute atomic E-state index is 10.2. The Morgan fingerprint density at radius 3 is 2.95 bits per heavy atom. The van der Waals surface area contributed by atoms with Gasteiger partial charge in [0, 0.05) is 25.2 Å². The van der Waals surface area contributed by atoms with Crippen molar-refractivity contribution in [2.75, 3.05) is 19.7 Å². The molecule has 0 aromatic heterocycles. The van der Waals surface area contributed by atoms with Crippen LogP contribution in [0.2, 0.25) is 0 Å². The number of hydrogen-bond donors (Lipinski definition) is 1. The monoisotopic (exact) mass is 271 g/mol. The maximum atomic E-state index is 10.2. The minimum absolute atomic E-state index is 0.320. The van der Waals surface area contributed by atoms with E-state index >= 15 is 0 Å². The molecule has 0 saturated carbocycles. The fraction of sp³-hybridized carbons (Fsp3) is 0.412. The van der Waals surface area contributed by atoms with Gasteiger partial charge in [0.05, 0.1) is 12.7 Å². The van der Waals surface area contributed by atoms with Crippen LogP contribution >= 0.6 is 0 Å². The second-order valence-corrected chi connectivity index (χ2v) is 5.42. The largest absolute Gasteiger partial charge is 0.508 e. The van der Waals surface area contributed by atoms with E-state index in [1.165, 1.54) is 5.39 Å². The molecule has 2 aromatic rings. The van der Waals surface area contributed by atoms with Crippen LogP contribution in [0, 0.1) is 0 Å². The minimum Gasteiger partial charge on any atom is -0.508 e. The van der Waals surface area contributed by atoms with Gasteiger partial charge in [-0.25, -0.2) is 0 Å². The fourth-order valence-electron chi connectivity index (χ4n) is 2.89. The smallest absolute Gasteiger partial charge is 0.120 e. The van der Waals surface area contributed by atoms with E-state index in [2.05, 4.69) is 24.0 Å². The Balaban J connectivity index is 1.88. The fourth-order valence-corrected chi connectivity index (χ4v) is 2.89. The molecule has 106 valence electrons. The normalized spacial score (nSPS) is 20.4. The van der Waals surface area contributed by atoms with Crippen LogP contribution < -0.4 is 0 Å². The highest BCUT2D eigenvalue weighted by atomic mass is 16.5. The first kappa shape index (κ1) is 13.4. The Kier molecular flexibility index (Phi) is 3.90. The van der Waals surface area contributed by atoms with Crippen molar-refractivity contribution in [2.24, 2.45) is 0 Å². The number of morpholine rings is 1. The molecular weight excluding hydrogens is 250 g/mol. The second-order valence-electron chi connectivity index (χ2n) is 5.42. The standard InChI is InChI=1S/C17H21NO2/c1-2-14-11-18(9-10-20-14)12-16-15-6-4-3-5-13(15)7-8-17(16)19/h3-8,14,19H,2,9-12H2,1H3/t14-/m0/s1. The zero-order valence-corrected chi connectivity index (χ0v) is 11.9. The molecule has 1 saturated heterocycles. The molecule has 1 heterocycles. The van der Waals surface area contributed by atoms with E-state index < -0.39 is 0 Å². The number of phenols is 1. The second kappa shape index (κ2) is 5.81. The maximum Gasteiger partial charge on any atom is 0.120 e. The van der Waals surface area contributed by atoms with E-state index in [1.807, 2.05) is 18.2 Å². The van der Waals surface area contributed by atoms with Gasteiger partial charge in [0.1, 0.15) is 5.75 Å². The summed E-state index contributed by atoms with van der Waals surface area (Å²) in [5.41, 5.74) is 1.03. The first-order valence-corrected chi connectivity index (χ1v) is 7.31. The summed E-state index contributed by atoms with van der Waals surface area (Å²) >= 11 is 0. The molecule has 20 heavy (non-hydrogen) atoms. The lowest BCUT2D eigenvalue weighted by molar-refractivity contribution is -0.0325. The number of benzene rings is 2. The van der Waals surface area contributed by atoms with Gasteiger partial charge in [0.2, 0.25) is 0 Å². The molecule has 1 fully saturated rings.